The van der Waals surface area contributed by atoms with Gasteiger partial charge in [-0.15, -0.1) is 11.3 Å². The van der Waals surface area contributed by atoms with Crippen molar-refractivity contribution in [3.05, 3.63) is 44.3 Å². The number of aromatic nitrogens is 1. The minimum Gasteiger partial charge on any atom is -0.243 e. The molecule has 2 rings (SSSR count). The van der Waals surface area contributed by atoms with E-state index in [0.717, 1.165) is 8.66 Å². The van der Waals surface area contributed by atoms with Crippen molar-refractivity contribution in [2.45, 2.75) is 11.4 Å². The van der Waals surface area contributed by atoms with Crippen molar-refractivity contribution in [2.24, 2.45) is 0 Å². The highest BCUT2D eigenvalue weighted by Gasteiger charge is 2.14. The predicted octanol–water partition coefficient (Wildman–Crippen LogP) is 3.04. The second-order valence-corrected chi connectivity index (χ2v) is 8.05. The molecule has 1 N–H and O–H groups in total. The number of rotatable bonds is 4. The van der Waals surface area contributed by atoms with Gasteiger partial charge in [0.2, 0.25) is 10.0 Å². The Hall–Kier alpha value is -0.470. The number of halogens is 2. The molecule has 0 aliphatic rings. The van der Waals surface area contributed by atoms with Gasteiger partial charge >= 0.3 is 0 Å². The van der Waals surface area contributed by atoms with E-state index in [2.05, 4.69) is 25.6 Å². The molecule has 0 spiro atoms. The number of sulfonamides is 1. The first-order chi connectivity index (χ1) is 8.47. The summed E-state index contributed by atoms with van der Waals surface area (Å²) in [5, 5.41) is 0.260. The Morgan fingerprint density at radius 3 is 2.67 bits per heavy atom. The van der Waals surface area contributed by atoms with Gasteiger partial charge in [0.1, 0.15) is 10.0 Å². The fraction of sp³-hybridized carbons (Fsp3) is 0.100. The summed E-state index contributed by atoms with van der Waals surface area (Å²) in [4.78, 5) is 4.77. The third-order valence-electron chi connectivity index (χ3n) is 2.08. The van der Waals surface area contributed by atoms with E-state index in [4.69, 9.17) is 11.6 Å². The highest BCUT2D eigenvalue weighted by molar-refractivity contribution is 9.11. The molecule has 0 unspecified atom stereocenters. The largest absolute Gasteiger partial charge is 0.243 e. The topological polar surface area (TPSA) is 59.1 Å². The van der Waals surface area contributed by atoms with Crippen molar-refractivity contribution >= 4 is 48.9 Å². The minimum atomic E-state index is -3.55. The monoisotopic (exact) mass is 366 g/mol. The molecule has 0 aromatic carbocycles. The van der Waals surface area contributed by atoms with Crippen LogP contribution in [0.3, 0.4) is 0 Å². The Morgan fingerprint density at radius 1 is 1.33 bits per heavy atom. The number of pyridine rings is 1. The molecule has 18 heavy (non-hydrogen) atoms. The lowest BCUT2D eigenvalue weighted by atomic mass is 10.5. The van der Waals surface area contributed by atoms with Crippen LogP contribution in [0.25, 0.3) is 0 Å². The Bertz CT molecular complexity index is 640. The van der Waals surface area contributed by atoms with Gasteiger partial charge in [-0.25, -0.2) is 18.1 Å². The van der Waals surface area contributed by atoms with Crippen LogP contribution in [-0.2, 0) is 16.6 Å². The van der Waals surface area contributed by atoms with E-state index in [9.17, 15) is 8.42 Å². The van der Waals surface area contributed by atoms with Gasteiger partial charge in [0.05, 0.1) is 3.79 Å². The summed E-state index contributed by atoms with van der Waals surface area (Å²) in [6.07, 6.45) is 1.23. The Balaban J connectivity index is 2.10. The van der Waals surface area contributed by atoms with Crippen LogP contribution in [0.2, 0.25) is 5.15 Å². The highest BCUT2D eigenvalue weighted by atomic mass is 79.9. The molecule has 0 atom stereocenters. The number of nitrogens with zero attached hydrogens (tertiary/aromatic N) is 1. The minimum absolute atomic E-state index is 0.0996. The molecule has 0 saturated carbocycles. The first-order valence-electron chi connectivity index (χ1n) is 4.83. The van der Waals surface area contributed by atoms with Crippen LogP contribution < -0.4 is 4.72 Å². The number of hydrogen-bond acceptors (Lipinski definition) is 4. The molecule has 0 aliphatic heterocycles. The smallest absolute Gasteiger partial charge is 0.242 e. The van der Waals surface area contributed by atoms with Crippen molar-refractivity contribution in [3.8, 4) is 0 Å². The van der Waals surface area contributed by atoms with Crippen LogP contribution in [0.1, 0.15) is 4.88 Å². The van der Waals surface area contributed by atoms with Crippen LogP contribution in [0.15, 0.2) is 39.1 Å². The normalized spacial score (nSPS) is 11.7. The lowest BCUT2D eigenvalue weighted by molar-refractivity contribution is 0.581. The third kappa shape index (κ3) is 3.52. The molecule has 0 aliphatic carbocycles. The maximum absolute atomic E-state index is 11.9. The molecule has 2 heterocycles. The summed E-state index contributed by atoms with van der Waals surface area (Å²) in [7, 11) is -3.55. The van der Waals surface area contributed by atoms with E-state index in [1.807, 2.05) is 12.1 Å². The lowest BCUT2D eigenvalue weighted by Crippen LogP contribution is -2.22. The zero-order valence-corrected chi connectivity index (χ0v) is 12.9. The fourth-order valence-corrected chi connectivity index (χ4v) is 3.79. The molecular weight excluding hydrogens is 360 g/mol. The summed E-state index contributed by atoms with van der Waals surface area (Å²) < 4.78 is 27.3. The van der Waals surface area contributed by atoms with Crippen LogP contribution in [-0.4, -0.2) is 13.4 Å². The van der Waals surface area contributed by atoms with E-state index < -0.39 is 10.0 Å². The van der Waals surface area contributed by atoms with Gasteiger partial charge < -0.3 is 0 Å². The molecule has 2 aromatic rings. The molecule has 0 amide bonds. The van der Waals surface area contributed by atoms with Crippen LogP contribution >= 0.6 is 38.9 Å². The number of thiophene rings is 1. The van der Waals surface area contributed by atoms with Gasteiger partial charge in [0.15, 0.2) is 0 Å². The van der Waals surface area contributed by atoms with E-state index in [1.54, 1.807) is 0 Å². The SMILES string of the molecule is O=S(=O)(NCc1ccc(Br)s1)c1ccc(Cl)nc1. The molecular formula is C10H8BrClN2O2S2. The highest BCUT2D eigenvalue weighted by Crippen LogP contribution is 2.22. The molecule has 96 valence electrons. The predicted molar refractivity (Wildman–Crippen MR) is 75.3 cm³/mol. The van der Waals surface area contributed by atoms with Crippen molar-refractivity contribution < 1.29 is 8.42 Å². The lowest BCUT2D eigenvalue weighted by Gasteiger charge is -2.04. The third-order valence-corrected chi connectivity index (χ3v) is 5.31. The Kier molecular flexibility index (Phi) is 4.39. The molecule has 4 nitrogen and oxygen atoms in total. The van der Waals surface area contributed by atoms with E-state index in [1.165, 1.54) is 29.7 Å². The summed E-state index contributed by atoms with van der Waals surface area (Å²) in [5.41, 5.74) is 0. The Labute approximate surface area is 122 Å². The Morgan fingerprint density at radius 2 is 2.11 bits per heavy atom. The van der Waals surface area contributed by atoms with Gasteiger partial charge in [0, 0.05) is 17.6 Å². The van der Waals surface area contributed by atoms with E-state index in [0.29, 0.717) is 0 Å². The maximum atomic E-state index is 11.9. The van der Waals surface area contributed by atoms with Crippen molar-refractivity contribution in [2.75, 3.05) is 0 Å². The molecule has 2 aromatic heterocycles. The summed E-state index contributed by atoms with van der Waals surface area (Å²) in [5.74, 6) is 0. The zero-order valence-electron chi connectivity index (χ0n) is 8.93. The average Bonchev–Trinajstić information content (AvgIpc) is 2.73. The van der Waals surface area contributed by atoms with Gasteiger partial charge in [-0.1, -0.05) is 11.6 Å². The van der Waals surface area contributed by atoms with Crippen LogP contribution in [0, 0.1) is 0 Å². The molecule has 8 heteroatoms. The first-order valence-corrected chi connectivity index (χ1v) is 8.30. The van der Waals surface area contributed by atoms with Crippen LogP contribution in [0.4, 0.5) is 0 Å². The summed E-state index contributed by atoms with van der Waals surface area (Å²) in [6.45, 7) is 0.251. The van der Waals surface area contributed by atoms with Crippen molar-refractivity contribution in [3.63, 3.8) is 0 Å². The second kappa shape index (κ2) is 5.66. The van der Waals surface area contributed by atoms with Crippen LogP contribution in [0.5, 0.6) is 0 Å². The van der Waals surface area contributed by atoms with E-state index in [-0.39, 0.29) is 16.6 Å². The number of hydrogen-bond donors (Lipinski definition) is 1. The molecule has 0 saturated heterocycles. The van der Waals surface area contributed by atoms with Gasteiger partial charge in [0.25, 0.3) is 0 Å². The fourth-order valence-electron chi connectivity index (χ4n) is 1.22. The van der Waals surface area contributed by atoms with Crippen molar-refractivity contribution in [1.29, 1.82) is 0 Å². The van der Waals surface area contributed by atoms with Gasteiger partial charge in [-0.05, 0) is 40.2 Å². The summed E-state index contributed by atoms with van der Waals surface area (Å²) in [6, 6.07) is 6.59. The number of nitrogens with one attached hydrogen (secondary N) is 1. The molecule has 0 radical (unpaired) electrons. The standard InChI is InChI=1S/C10H8BrClN2O2S2/c11-9-3-1-7(17-9)5-14-18(15,16)8-2-4-10(12)13-6-8/h1-4,6,14H,5H2. The average molecular weight is 368 g/mol. The maximum Gasteiger partial charge on any atom is 0.242 e. The van der Waals surface area contributed by atoms with Gasteiger partial charge in [-0.2, -0.15) is 0 Å². The first kappa shape index (κ1) is 14.0. The van der Waals surface area contributed by atoms with Crippen molar-refractivity contribution in [1.82, 2.24) is 9.71 Å². The quantitative estimate of drug-likeness (QED) is 0.845. The molecule has 0 bridgehead atoms. The van der Waals surface area contributed by atoms with E-state index >= 15 is 0 Å². The zero-order chi connectivity index (χ0) is 13.2. The van der Waals surface area contributed by atoms with Gasteiger partial charge in [-0.3, -0.25) is 0 Å². The molecule has 0 fully saturated rings. The second-order valence-electron chi connectivity index (χ2n) is 3.35. The summed E-state index contributed by atoms with van der Waals surface area (Å²) >= 11 is 10.4.